The molecule has 3 nitrogen and oxygen atoms in total. The molecule has 1 aromatic carbocycles. The van der Waals surface area contributed by atoms with Crippen LogP contribution in [-0.4, -0.2) is 14.2 Å². The molecule has 0 aliphatic rings. The second-order valence-electron chi connectivity index (χ2n) is 2.68. The Bertz CT molecular complexity index is 417. The van der Waals surface area contributed by atoms with E-state index in [4.69, 9.17) is 13.9 Å². The SMILES string of the molecule is COc1ccc2coc(OC)c2c1. The van der Waals surface area contributed by atoms with E-state index in [9.17, 15) is 0 Å². The van der Waals surface area contributed by atoms with Crippen LogP contribution in [0.1, 0.15) is 0 Å². The lowest BCUT2D eigenvalue weighted by molar-refractivity contribution is 0.309. The van der Waals surface area contributed by atoms with Gasteiger partial charge < -0.3 is 13.9 Å². The van der Waals surface area contributed by atoms with Crippen molar-refractivity contribution in [3.05, 3.63) is 24.5 Å². The maximum atomic E-state index is 5.19. The van der Waals surface area contributed by atoms with Crippen molar-refractivity contribution in [2.24, 2.45) is 0 Å². The number of furan rings is 1. The first-order valence-electron chi connectivity index (χ1n) is 3.94. The van der Waals surface area contributed by atoms with Crippen molar-refractivity contribution in [1.82, 2.24) is 0 Å². The molecule has 0 fully saturated rings. The molecule has 0 atom stereocenters. The zero-order valence-electron chi connectivity index (χ0n) is 7.53. The second-order valence-corrected chi connectivity index (χ2v) is 2.68. The molecule has 0 radical (unpaired) electrons. The van der Waals surface area contributed by atoms with E-state index in [2.05, 4.69) is 0 Å². The Kier molecular flexibility index (Phi) is 1.85. The van der Waals surface area contributed by atoms with E-state index in [1.54, 1.807) is 20.5 Å². The van der Waals surface area contributed by atoms with Gasteiger partial charge in [-0.2, -0.15) is 0 Å². The summed E-state index contributed by atoms with van der Waals surface area (Å²) in [5.41, 5.74) is 0. The predicted molar refractivity (Wildman–Crippen MR) is 49.3 cm³/mol. The largest absolute Gasteiger partial charge is 0.497 e. The van der Waals surface area contributed by atoms with Crippen molar-refractivity contribution in [3.8, 4) is 11.7 Å². The molecule has 1 heterocycles. The highest BCUT2D eigenvalue weighted by molar-refractivity contribution is 5.87. The summed E-state index contributed by atoms with van der Waals surface area (Å²) in [5, 5.41) is 1.94. The normalized spacial score (nSPS) is 10.3. The third-order valence-electron chi connectivity index (χ3n) is 1.96. The van der Waals surface area contributed by atoms with E-state index in [1.807, 2.05) is 18.2 Å². The molecule has 0 saturated carbocycles. The van der Waals surface area contributed by atoms with Crippen molar-refractivity contribution < 1.29 is 13.9 Å². The minimum atomic E-state index is 0.522. The number of benzene rings is 1. The Morgan fingerprint density at radius 3 is 2.69 bits per heavy atom. The molecule has 0 aliphatic heterocycles. The van der Waals surface area contributed by atoms with Crippen LogP contribution in [0.15, 0.2) is 28.9 Å². The average molecular weight is 178 g/mol. The molecule has 0 aliphatic carbocycles. The van der Waals surface area contributed by atoms with Gasteiger partial charge in [0.15, 0.2) is 0 Å². The van der Waals surface area contributed by atoms with Crippen molar-refractivity contribution in [3.63, 3.8) is 0 Å². The highest BCUT2D eigenvalue weighted by atomic mass is 16.6. The van der Waals surface area contributed by atoms with Crippen molar-refractivity contribution in [1.29, 1.82) is 0 Å². The molecule has 13 heavy (non-hydrogen) atoms. The first kappa shape index (κ1) is 7.98. The molecule has 1 aromatic heterocycles. The van der Waals surface area contributed by atoms with Crippen molar-refractivity contribution in [2.45, 2.75) is 0 Å². The van der Waals surface area contributed by atoms with Crippen molar-refractivity contribution >= 4 is 10.8 Å². The van der Waals surface area contributed by atoms with Gasteiger partial charge in [-0.05, 0) is 18.2 Å². The van der Waals surface area contributed by atoms with Gasteiger partial charge >= 0.3 is 0 Å². The van der Waals surface area contributed by atoms with Crippen LogP contribution in [0.5, 0.6) is 11.7 Å². The highest BCUT2D eigenvalue weighted by Crippen LogP contribution is 2.30. The summed E-state index contributed by atoms with van der Waals surface area (Å²) < 4.78 is 15.3. The maximum Gasteiger partial charge on any atom is 0.292 e. The standard InChI is InChI=1S/C10H10O3/c1-11-8-4-3-7-6-13-10(12-2)9(7)5-8/h3-6H,1-2H3. The second kappa shape index (κ2) is 3.01. The smallest absolute Gasteiger partial charge is 0.292 e. The summed E-state index contributed by atoms with van der Waals surface area (Å²) in [6.45, 7) is 0. The van der Waals surface area contributed by atoms with Crippen LogP contribution in [0.3, 0.4) is 0 Å². The van der Waals surface area contributed by atoms with Gasteiger partial charge in [-0.15, -0.1) is 0 Å². The molecular formula is C10H10O3. The Balaban J connectivity index is 2.64. The third-order valence-corrected chi connectivity index (χ3v) is 1.96. The van der Waals surface area contributed by atoms with Gasteiger partial charge in [0, 0.05) is 5.39 Å². The Morgan fingerprint density at radius 1 is 1.15 bits per heavy atom. The topological polar surface area (TPSA) is 31.6 Å². The summed E-state index contributed by atoms with van der Waals surface area (Å²) in [6.07, 6.45) is 1.66. The van der Waals surface area contributed by atoms with E-state index >= 15 is 0 Å². The fourth-order valence-corrected chi connectivity index (χ4v) is 1.28. The molecule has 2 rings (SSSR count). The van der Waals surface area contributed by atoms with E-state index < -0.39 is 0 Å². The first-order valence-corrected chi connectivity index (χ1v) is 3.94. The quantitative estimate of drug-likeness (QED) is 0.707. The molecule has 0 saturated heterocycles. The van der Waals surface area contributed by atoms with Gasteiger partial charge in [0.05, 0.1) is 19.6 Å². The number of fused-ring (bicyclic) bond motifs is 1. The van der Waals surface area contributed by atoms with Gasteiger partial charge in [-0.1, -0.05) is 0 Å². The van der Waals surface area contributed by atoms with E-state index in [0.717, 1.165) is 16.5 Å². The van der Waals surface area contributed by atoms with Crippen LogP contribution >= 0.6 is 0 Å². The van der Waals surface area contributed by atoms with Crippen LogP contribution < -0.4 is 9.47 Å². The monoisotopic (exact) mass is 178 g/mol. The summed E-state index contributed by atoms with van der Waals surface area (Å²) in [7, 11) is 3.21. The van der Waals surface area contributed by atoms with Gasteiger partial charge in [-0.3, -0.25) is 0 Å². The third kappa shape index (κ3) is 1.22. The summed E-state index contributed by atoms with van der Waals surface area (Å²) in [5.74, 6) is 1.32. The molecule has 0 unspecified atom stereocenters. The predicted octanol–water partition coefficient (Wildman–Crippen LogP) is 2.45. The zero-order chi connectivity index (χ0) is 9.26. The summed E-state index contributed by atoms with van der Waals surface area (Å²) in [4.78, 5) is 0. The summed E-state index contributed by atoms with van der Waals surface area (Å²) >= 11 is 0. The molecule has 0 N–H and O–H groups in total. The minimum absolute atomic E-state index is 0.522. The van der Waals surface area contributed by atoms with Crippen LogP contribution in [0, 0.1) is 0 Å². The highest BCUT2D eigenvalue weighted by Gasteiger charge is 2.06. The van der Waals surface area contributed by atoms with Gasteiger partial charge in [0.25, 0.3) is 5.95 Å². The van der Waals surface area contributed by atoms with Gasteiger partial charge in [-0.25, -0.2) is 0 Å². The summed E-state index contributed by atoms with van der Waals surface area (Å²) in [6, 6.07) is 5.70. The van der Waals surface area contributed by atoms with Crippen molar-refractivity contribution in [2.75, 3.05) is 14.2 Å². The first-order chi connectivity index (χ1) is 6.35. The van der Waals surface area contributed by atoms with Crippen LogP contribution in [0.25, 0.3) is 10.8 Å². The van der Waals surface area contributed by atoms with E-state index in [1.165, 1.54) is 0 Å². The molecule has 0 amide bonds. The van der Waals surface area contributed by atoms with Crippen LogP contribution in [-0.2, 0) is 0 Å². The average Bonchev–Trinajstić information content (AvgIpc) is 2.59. The fourth-order valence-electron chi connectivity index (χ4n) is 1.28. The van der Waals surface area contributed by atoms with Gasteiger partial charge in [0.2, 0.25) is 0 Å². The lowest BCUT2D eigenvalue weighted by Crippen LogP contribution is -1.82. The van der Waals surface area contributed by atoms with Crippen LogP contribution in [0.2, 0.25) is 0 Å². The lowest BCUT2D eigenvalue weighted by Gasteiger charge is -1.98. The van der Waals surface area contributed by atoms with Gasteiger partial charge in [0.1, 0.15) is 12.0 Å². The number of hydrogen-bond donors (Lipinski definition) is 0. The zero-order valence-corrected chi connectivity index (χ0v) is 7.53. The minimum Gasteiger partial charge on any atom is -0.497 e. The van der Waals surface area contributed by atoms with Crippen LogP contribution in [0.4, 0.5) is 0 Å². The number of rotatable bonds is 2. The lowest BCUT2D eigenvalue weighted by atomic mass is 10.2. The number of methoxy groups -OCH3 is 2. The maximum absolute atomic E-state index is 5.19. The molecule has 68 valence electrons. The number of ether oxygens (including phenoxy) is 2. The molecular weight excluding hydrogens is 168 g/mol. The Labute approximate surface area is 75.9 Å². The fraction of sp³-hybridized carbons (Fsp3) is 0.200. The Morgan fingerprint density at radius 2 is 2.00 bits per heavy atom. The molecule has 0 bridgehead atoms. The van der Waals surface area contributed by atoms with E-state index in [0.29, 0.717) is 5.95 Å². The number of hydrogen-bond acceptors (Lipinski definition) is 3. The van der Waals surface area contributed by atoms with E-state index in [-0.39, 0.29) is 0 Å². The molecule has 0 spiro atoms. The Hall–Kier alpha value is -1.64. The molecule has 3 heteroatoms. The molecule has 2 aromatic rings.